The van der Waals surface area contributed by atoms with Crippen LogP contribution in [0.2, 0.25) is 0 Å². The Morgan fingerprint density at radius 3 is 3.19 bits per heavy atom. The molecule has 1 amide bonds. The van der Waals surface area contributed by atoms with Crippen LogP contribution in [0.1, 0.15) is 32.1 Å². The van der Waals surface area contributed by atoms with E-state index in [2.05, 4.69) is 16.3 Å². The van der Waals surface area contributed by atoms with Gasteiger partial charge in [-0.05, 0) is 31.7 Å². The quantitative estimate of drug-likeness (QED) is 0.720. The summed E-state index contributed by atoms with van der Waals surface area (Å²) in [5.74, 6) is 0.854. The highest BCUT2D eigenvalue weighted by Crippen LogP contribution is 2.25. The number of fused-ring (bicyclic) bond motifs is 1. The lowest BCUT2D eigenvalue weighted by Crippen LogP contribution is -2.54. The number of carbonyl (C=O) groups excluding carboxylic acids is 1. The Hall–Kier alpha value is -1.08. The van der Waals surface area contributed by atoms with E-state index in [9.17, 15) is 4.79 Å². The van der Waals surface area contributed by atoms with Gasteiger partial charge in [-0.2, -0.15) is 5.26 Å². The third-order valence-electron chi connectivity index (χ3n) is 3.67. The summed E-state index contributed by atoms with van der Waals surface area (Å²) in [6, 6.07) is 2.60. The van der Waals surface area contributed by atoms with Gasteiger partial charge in [0.1, 0.15) is 0 Å². The topological polar surface area (TPSA) is 56.1 Å². The molecule has 0 aromatic rings. The molecule has 2 aliphatic rings. The van der Waals surface area contributed by atoms with Gasteiger partial charge in [0.25, 0.3) is 0 Å². The van der Waals surface area contributed by atoms with Gasteiger partial charge in [0.2, 0.25) is 5.91 Å². The molecule has 4 nitrogen and oxygen atoms in total. The molecule has 0 aliphatic carbocycles. The second-order valence-electron chi connectivity index (χ2n) is 4.82. The Kier molecular flexibility index (Phi) is 3.79. The van der Waals surface area contributed by atoms with Crippen LogP contribution in [0.4, 0.5) is 0 Å². The highest BCUT2D eigenvalue weighted by atomic mass is 16.1. The zero-order valence-electron chi connectivity index (χ0n) is 9.61. The molecule has 2 aliphatic heterocycles. The molecular weight excluding hydrogens is 202 g/mol. The van der Waals surface area contributed by atoms with Crippen molar-refractivity contribution < 1.29 is 4.79 Å². The number of carbonyl (C=O) groups is 1. The highest BCUT2D eigenvalue weighted by molar-refractivity contribution is 5.77. The molecule has 2 atom stereocenters. The molecule has 2 saturated heterocycles. The van der Waals surface area contributed by atoms with Crippen LogP contribution in [-0.2, 0) is 4.79 Å². The van der Waals surface area contributed by atoms with Gasteiger partial charge < -0.3 is 10.2 Å². The van der Waals surface area contributed by atoms with E-state index in [1.165, 1.54) is 0 Å². The van der Waals surface area contributed by atoms with E-state index in [4.69, 9.17) is 5.26 Å². The van der Waals surface area contributed by atoms with Crippen LogP contribution in [0, 0.1) is 17.2 Å². The molecule has 1 N–H and O–H groups in total. The van der Waals surface area contributed by atoms with Crippen LogP contribution in [-0.4, -0.2) is 36.5 Å². The summed E-state index contributed by atoms with van der Waals surface area (Å²) in [6.45, 7) is 3.19. The van der Waals surface area contributed by atoms with Crippen LogP contribution in [0.25, 0.3) is 0 Å². The van der Waals surface area contributed by atoms with Crippen molar-refractivity contribution in [3.05, 3.63) is 0 Å². The van der Waals surface area contributed by atoms with Crippen molar-refractivity contribution in [1.29, 1.82) is 5.26 Å². The molecule has 16 heavy (non-hydrogen) atoms. The van der Waals surface area contributed by atoms with Crippen LogP contribution >= 0.6 is 0 Å². The summed E-state index contributed by atoms with van der Waals surface area (Å²) in [7, 11) is 0. The van der Waals surface area contributed by atoms with Crippen LogP contribution in [0.3, 0.4) is 0 Å². The number of nitriles is 1. The van der Waals surface area contributed by atoms with E-state index in [0.29, 0.717) is 24.8 Å². The molecule has 0 saturated carbocycles. The predicted octanol–water partition coefficient (Wildman–Crippen LogP) is 0.891. The average Bonchev–Trinajstić information content (AvgIpc) is 2.29. The first-order valence-corrected chi connectivity index (χ1v) is 6.18. The molecule has 2 fully saturated rings. The summed E-state index contributed by atoms with van der Waals surface area (Å²) in [4.78, 5) is 13.7. The number of rotatable bonds is 3. The minimum absolute atomic E-state index is 0.221. The maximum atomic E-state index is 11.2. The first kappa shape index (κ1) is 11.4. The first-order chi connectivity index (χ1) is 7.79. The van der Waals surface area contributed by atoms with Gasteiger partial charge in [0, 0.05) is 32.0 Å². The van der Waals surface area contributed by atoms with E-state index >= 15 is 0 Å². The molecule has 2 heterocycles. The normalized spacial score (nSPS) is 30.3. The molecule has 0 spiro atoms. The number of hydrogen-bond donors (Lipinski definition) is 1. The Balaban J connectivity index is 1.77. The van der Waals surface area contributed by atoms with E-state index in [1.807, 2.05) is 0 Å². The predicted molar refractivity (Wildman–Crippen MR) is 60.6 cm³/mol. The fourth-order valence-corrected chi connectivity index (χ4v) is 2.77. The first-order valence-electron chi connectivity index (χ1n) is 6.18. The molecule has 2 rings (SSSR count). The van der Waals surface area contributed by atoms with E-state index in [-0.39, 0.29) is 5.91 Å². The number of amides is 1. The van der Waals surface area contributed by atoms with Gasteiger partial charge in [0.15, 0.2) is 0 Å². The third kappa shape index (κ3) is 2.73. The number of unbranched alkanes of at least 4 members (excludes halogenated alkanes) is 1. The average molecular weight is 221 g/mol. The number of piperidine rings is 2. The van der Waals surface area contributed by atoms with Gasteiger partial charge in [-0.15, -0.1) is 0 Å². The highest BCUT2D eigenvalue weighted by Gasteiger charge is 2.33. The Labute approximate surface area is 96.6 Å². The lowest BCUT2D eigenvalue weighted by Gasteiger charge is -2.41. The number of likely N-dealkylation sites (tertiary alicyclic amines) is 1. The molecule has 4 heteroatoms. The lowest BCUT2D eigenvalue weighted by molar-refractivity contribution is -0.125. The summed E-state index contributed by atoms with van der Waals surface area (Å²) in [5, 5.41) is 11.6. The van der Waals surface area contributed by atoms with Crippen LogP contribution < -0.4 is 5.32 Å². The Morgan fingerprint density at radius 2 is 2.38 bits per heavy atom. The number of hydrogen-bond acceptors (Lipinski definition) is 3. The van der Waals surface area contributed by atoms with Crippen molar-refractivity contribution in [1.82, 2.24) is 10.2 Å². The maximum Gasteiger partial charge on any atom is 0.220 e. The summed E-state index contributed by atoms with van der Waals surface area (Å²) in [5.41, 5.74) is 0. The van der Waals surface area contributed by atoms with Crippen molar-refractivity contribution in [3.63, 3.8) is 0 Å². The van der Waals surface area contributed by atoms with Crippen molar-refractivity contribution in [3.8, 4) is 6.07 Å². The number of nitrogens with zero attached hydrogens (tertiary/aromatic N) is 2. The lowest BCUT2D eigenvalue weighted by atomic mass is 9.85. The standard InChI is InChI=1S/C12H19N3O/c13-6-1-2-7-15-8-5-11-10(9-15)3-4-12(16)14-11/h10-11H,1-5,7-9H2,(H,14,16). The molecule has 2 unspecified atom stereocenters. The zero-order valence-corrected chi connectivity index (χ0v) is 9.61. The van der Waals surface area contributed by atoms with Gasteiger partial charge in [-0.3, -0.25) is 4.79 Å². The fourth-order valence-electron chi connectivity index (χ4n) is 2.77. The smallest absolute Gasteiger partial charge is 0.220 e. The summed E-state index contributed by atoms with van der Waals surface area (Å²) < 4.78 is 0. The zero-order chi connectivity index (χ0) is 11.4. The minimum Gasteiger partial charge on any atom is -0.353 e. The molecule has 0 bridgehead atoms. The Morgan fingerprint density at radius 1 is 1.50 bits per heavy atom. The SMILES string of the molecule is N#CCCCN1CCC2NC(=O)CCC2C1. The molecule has 0 aromatic heterocycles. The molecule has 0 radical (unpaired) electrons. The van der Waals surface area contributed by atoms with Crippen molar-refractivity contribution in [2.24, 2.45) is 5.92 Å². The van der Waals surface area contributed by atoms with Crippen molar-refractivity contribution >= 4 is 5.91 Å². The summed E-state index contributed by atoms with van der Waals surface area (Å²) in [6.07, 6.45) is 4.42. The largest absolute Gasteiger partial charge is 0.353 e. The van der Waals surface area contributed by atoms with Gasteiger partial charge >= 0.3 is 0 Å². The molecular formula is C12H19N3O. The monoisotopic (exact) mass is 221 g/mol. The van der Waals surface area contributed by atoms with E-state index < -0.39 is 0 Å². The number of nitrogens with one attached hydrogen (secondary N) is 1. The van der Waals surface area contributed by atoms with Crippen LogP contribution in [0.15, 0.2) is 0 Å². The van der Waals surface area contributed by atoms with Gasteiger partial charge in [-0.25, -0.2) is 0 Å². The van der Waals surface area contributed by atoms with Gasteiger partial charge in [0.05, 0.1) is 6.07 Å². The Bertz CT molecular complexity index is 297. The second-order valence-corrected chi connectivity index (χ2v) is 4.82. The van der Waals surface area contributed by atoms with Gasteiger partial charge in [-0.1, -0.05) is 0 Å². The van der Waals surface area contributed by atoms with Crippen molar-refractivity contribution in [2.75, 3.05) is 19.6 Å². The van der Waals surface area contributed by atoms with Crippen molar-refractivity contribution in [2.45, 2.75) is 38.1 Å². The molecule has 0 aromatic carbocycles. The van der Waals surface area contributed by atoms with E-state index in [1.54, 1.807) is 0 Å². The summed E-state index contributed by atoms with van der Waals surface area (Å²) >= 11 is 0. The van der Waals surface area contributed by atoms with Crippen LogP contribution in [0.5, 0.6) is 0 Å². The maximum absolute atomic E-state index is 11.2. The fraction of sp³-hybridized carbons (Fsp3) is 0.833. The third-order valence-corrected chi connectivity index (χ3v) is 3.67. The second kappa shape index (κ2) is 5.31. The minimum atomic E-state index is 0.221. The molecule has 88 valence electrons. The van der Waals surface area contributed by atoms with E-state index in [0.717, 1.165) is 38.9 Å².